The van der Waals surface area contributed by atoms with Gasteiger partial charge in [-0.15, -0.1) is 0 Å². The Balaban J connectivity index is 2.07. The molecule has 146 valence electrons. The molecule has 0 bridgehead atoms. The molecule has 0 aliphatic carbocycles. The molecule has 2 aromatic rings. The summed E-state index contributed by atoms with van der Waals surface area (Å²) >= 11 is 0. The monoisotopic (exact) mass is 380 g/mol. The van der Waals surface area contributed by atoms with E-state index in [9.17, 15) is 13.2 Å². The topological polar surface area (TPSA) is 42.8 Å². The van der Waals surface area contributed by atoms with Crippen LogP contribution in [0.15, 0.2) is 47.6 Å². The summed E-state index contributed by atoms with van der Waals surface area (Å²) in [5, 5.41) is 4.00. The van der Waals surface area contributed by atoms with Crippen LogP contribution < -0.4 is 14.9 Å². The zero-order valence-corrected chi connectivity index (χ0v) is 15.3. The van der Waals surface area contributed by atoms with E-state index in [0.29, 0.717) is 24.7 Å². The molecule has 7 heteroatoms. The highest BCUT2D eigenvalue weighted by atomic mass is 19.4. The number of hydrogen-bond donors (Lipinski definition) is 1. The number of anilines is 1. The number of hydrazone groups is 1. The van der Waals surface area contributed by atoms with Gasteiger partial charge in [-0.25, -0.2) is 0 Å². The van der Waals surface area contributed by atoms with Crippen LogP contribution in [-0.4, -0.2) is 19.4 Å². The van der Waals surface area contributed by atoms with Crippen LogP contribution in [0, 0.1) is 0 Å². The molecule has 0 saturated carbocycles. The molecule has 27 heavy (non-hydrogen) atoms. The molecular weight excluding hydrogens is 357 g/mol. The Hall–Kier alpha value is -2.70. The second-order valence-electron chi connectivity index (χ2n) is 5.79. The van der Waals surface area contributed by atoms with Crippen molar-refractivity contribution in [2.24, 2.45) is 5.10 Å². The van der Waals surface area contributed by atoms with E-state index in [1.165, 1.54) is 18.3 Å². The van der Waals surface area contributed by atoms with E-state index < -0.39 is 11.7 Å². The van der Waals surface area contributed by atoms with Crippen LogP contribution in [0.3, 0.4) is 0 Å². The lowest BCUT2D eigenvalue weighted by Crippen LogP contribution is -2.05. The summed E-state index contributed by atoms with van der Waals surface area (Å²) < 4.78 is 49.5. The Morgan fingerprint density at radius 3 is 2.56 bits per heavy atom. The van der Waals surface area contributed by atoms with Gasteiger partial charge in [0.1, 0.15) is 0 Å². The lowest BCUT2D eigenvalue weighted by atomic mass is 10.2. The third-order valence-corrected chi connectivity index (χ3v) is 3.62. The Labute approximate surface area is 157 Å². The van der Waals surface area contributed by atoms with Gasteiger partial charge in [0.2, 0.25) is 0 Å². The van der Waals surface area contributed by atoms with Crippen molar-refractivity contribution in [3.05, 3.63) is 53.6 Å². The van der Waals surface area contributed by atoms with Gasteiger partial charge >= 0.3 is 6.18 Å². The highest BCUT2D eigenvalue weighted by Crippen LogP contribution is 2.31. The van der Waals surface area contributed by atoms with Gasteiger partial charge in [0.05, 0.1) is 30.7 Å². The van der Waals surface area contributed by atoms with E-state index in [2.05, 4.69) is 17.5 Å². The van der Waals surface area contributed by atoms with Crippen LogP contribution in [-0.2, 0) is 6.18 Å². The molecule has 0 heterocycles. The van der Waals surface area contributed by atoms with Gasteiger partial charge in [-0.2, -0.15) is 18.3 Å². The maximum Gasteiger partial charge on any atom is 0.416 e. The molecule has 0 aliphatic rings. The molecule has 0 aliphatic heterocycles. The van der Waals surface area contributed by atoms with E-state index in [0.717, 1.165) is 30.5 Å². The Morgan fingerprint density at radius 2 is 1.85 bits per heavy atom. The van der Waals surface area contributed by atoms with Gasteiger partial charge in [0, 0.05) is 0 Å². The summed E-state index contributed by atoms with van der Waals surface area (Å²) in [4.78, 5) is 0. The smallest absolute Gasteiger partial charge is 0.416 e. The first-order valence-electron chi connectivity index (χ1n) is 8.80. The fourth-order valence-corrected chi connectivity index (χ4v) is 2.27. The quantitative estimate of drug-likeness (QED) is 0.343. The van der Waals surface area contributed by atoms with Gasteiger partial charge in [0.25, 0.3) is 0 Å². The van der Waals surface area contributed by atoms with Crippen molar-refractivity contribution in [3.63, 3.8) is 0 Å². The average molecular weight is 380 g/mol. The largest absolute Gasteiger partial charge is 0.490 e. The third kappa shape index (κ3) is 6.51. The lowest BCUT2D eigenvalue weighted by molar-refractivity contribution is -0.137. The Morgan fingerprint density at radius 1 is 1.04 bits per heavy atom. The number of halogens is 3. The highest BCUT2D eigenvalue weighted by molar-refractivity contribution is 5.81. The molecule has 0 atom stereocenters. The van der Waals surface area contributed by atoms with Crippen LogP contribution in [0.4, 0.5) is 18.9 Å². The Bertz CT molecular complexity index is 761. The average Bonchev–Trinajstić information content (AvgIpc) is 2.63. The maximum absolute atomic E-state index is 12.7. The van der Waals surface area contributed by atoms with E-state index in [4.69, 9.17) is 9.47 Å². The number of rotatable bonds is 9. The first-order chi connectivity index (χ1) is 12.9. The second kappa shape index (κ2) is 9.85. The molecule has 1 N–H and O–H groups in total. The first kappa shape index (κ1) is 20.6. The van der Waals surface area contributed by atoms with Crippen molar-refractivity contribution in [2.45, 2.75) is 32.9 Å². The van der Waals surface area contributed by atoms with Crippen molar-refractivity contribution in [1.29, 1.82) is 0 Å². The van der Waals surface area contributed by atoms with Crippen LogP contribution in [0.5, 0.6) is 11.5 Å². The minimum absolute atomic E-state index is 0.255. The summed E-state index contributed by atoms with van der Waals surface area (Å²) in [6.45, 7) is 5.07. The number of ether oxygens (including phenoxy) is 2. The zero-order chi connectivity index (χ0) is 19.7. The number of benzene rings is 2. The highest BCUT2D eigenvalue weighted by Gasteiger charge is 2.30. The minimum Gasteiger partial charge on any atom is -0.490 e. The lowest BCUT2D eigenvalue weighted by Gasteiger charge is -2.12. The maximum atomic E-state index is 12.7. The van der Waals surface area contributed by atoms with Crippen LogP contribution in [0.25, 0.3) is 0 Å². The number of nitrogens with one attached hydrogen (secondary N) is 1. The van der Waals surface area contributed by atoms with Gasteiger partial charge in [-0.05, 0) is 55.3 Å². The standard InChI is InChI=1S/C20H23F3N2O2/c1-3-5-11-27-18-10-9-15(12-19(18)26-4-2)14-24-25-17-8-6-7-16(13-17)20(21,22)23/h6-10,12-14,25H,3-5,11H2,1-2H3. The number of nitrogens with zero attached hydrogens (tertiary/aromatic N) is 1. The minimum atomic E-state index is -4.39. The third-order valence-electron chi connectivity index (χ3n) is 3.62. The molecule has 0 fully saturated rings. The molecule has 0 spiro atoms. The first-order valence-corrected chi connectivity index (χ1v) is 8.80. The van der Waals surface area contributed by atoms with Crippen LogP contribution in [0.1, 0.15) is 37.8 Å². The summed E-state index contributed by atoms with van der Waals surface area (Å²) in [6, 6.07) is 10.3. The summed E-state index contributed by atoms with van der Waals surface area (Å²) in [6.07, 6.45) is -0.883. The molecule has 0 radical (unpaired) electrons. The summed E-state index contributed by atoms with van der Waals surface area (Å²) in [5.74, 6) is 1.27. The van der Waals surface area contributed by atoms with E-state index in [1.807, 2.05) is 6.92 Å². The van der Waals surface area contributed by atoms with Gasteiger partial charge in [-0.3, -0.25) is 5.43 Å². The van der Waals surface area contributed by atoms with Gasteiger partial charge in [-0.1, -0.05) is 19.4 Å². The number of unbranched alkanes of at least 4 members (excludes halogenated alkanes) is 1. The summed E-state index contributed by atoms with van der Waals surface area (Å²) in [5.41, 5.74) is 2.88. The molecule has 4 nitrogen and oxygen atoms in total. The zero-order valence-electron chi connectivity index (χ0n) is 15.3. The van der Waals surface area contributed by atoms with Crippen molar-refractivity contribution in [3.8, 4) is 11.5 Å². The number of alkyl halides is 3. The Kier molecular flexibility index (Phi) is 7.52. The molecule has 2 aromatic carbocycles. The predicted molar refractivity (Wildman–Crippen MR) is 101 cm³/mol. The SMILES string of the molecule is CCCCOc1ccc(C=NNc2cccc(C(F)(F)F)c2)cc1OCC. The predicted octanol–water partition coefficient (Wildman–Crippen LogP) is 5.73. The number of hydrogen-bond acceptors (Lipinski definition) is 4. The normalized spacial score (nSPS) is 11.6. The second-order valence-corrected chi connectivity index (χ2v) is 5.79. The molecule has 0 amide bonds. The van der Waals surface area contributed by atoms with Gasteiger partial charge < -0.3 is 9.47 Å². The molecular formula is C20H23F3N2O2. The van der Waals surface area contributed by atoms with Crippen LogP contribution in [0.2, 0.25) is 0 Å². The van der Waals surface area contributed by atoms with E-state index in [-0.39, 0.29) is 5.69 Å². The molecule has 2 rings (SSSR count). The van der Waals surface area contributed by atoms with Crippen LogP contribution >= 0.6 is 0 Å². The van der Waals surface area contributed by atoms with Crippen molar-refractivity contribution >= 4 is 11.9 Å². The van der Waals surface area contributed by atoms with E-state index >= 15 is 0 Å². The van der Waals surface area contributed by atoms with E-state index in [1.54, 1.807) is 18.2 Å². The van der Waals surface area contributed by atoms with Crippen molar-refractivity contribution in [1.82, 2.24) is 0 Å². The van der Waals surface area contributed by atoms with Crippen molar-refractivity contribution in [2.75, 3.05) is 18.6 Å². The molecule has 0 saturated heterocycles. The fraction of sp³-hybridized carbons (Fsp3) is 0.350. The van der Waals surface area contributed by atoms with Crippen molar-refractivity contribution < 1.29 is 22.6 Å². The molecule has 0 aromatic heterocycles. The molecule has 0 unspecified atom stereocenters. The summed E-state index contributed by atoms with van der Waals surface area (Å²) in [7, 11) is 0. The van der Waals surface area contributed by atoms with Gasteiger partial charge in [0.15, 0.2) is 11.5 Å². The fourth-order valence-electron chi connectivity index (χ4n) is 2.27.